The maximum absolute atomic E-state index is 4.91. The van der Waals surface area contributed by atoms with Crippen molar-refractivity contribution < 1.29 is 0 Å². The average molecular weight is 268 g/mol. The van der Waals surface area contributed by atoms with Gasteiger partial charge >= 0.3 is 0 Å². The highest BCUT2D eigenvalue weighted by Gasteiger charge is 2.24. The van der Waals surface area contributed by atoms with Gasteiger partial charge in [-0.3, -0.25) is 0 Å². The Kier molecular flexibility index (Phi) is 2.86. The van der Waals surface area contributed by atoms with Gasteiger partial charge in [0.15, 0.2) is 0 Å². The fourth-order valence-corrected chi connectivity index (χ4v) is 3.85. The largest absolute Gasteiger partial charge is 0.246 e. The summed E-state index contributed by atoms with van der Waals surface area (Å²) in [6.45, 7) is 11.0. The summed E-state index contributed by atoms with van der Waals surface area (Å²) in [6, 6.07) is 6.37. The topological polar surface area (TPSA) is 14.1 Å². The molecule has 1 radical (unpaired) electrons. The molecule has 1 nitrogen and oxygen atoms in total. The van der Waals surface area contributed by atoms with Gasteiger partial charge in [-0.25, -0.2) is 5.32 Å². The first-order valence-electron chi connectivity index (χ1n) is 6.60. The van der Waals surface area contributed by atoms with Crippen LogP contribution in [-0.4, -0.2) is 0 Å². The smallest absolute Gasteiger partial charge is 0.0811 e. The number of nitrogens with zero attached hydrogens (tertiary/aromatic N) is 1. The van der Waals surface area contributed by atoms with Crippen LogP contribution in [0, 0.1) is 34.6 Å². The zero-order valence-corrected chi connectivity index (χ0v) is 12.9. The number of aryl methyl sites for hydroxylation is 1. The molecular weight excluding hydrogens is 250 g/mol. The normalized spacial score (nSPS) is 12.7. The number of rotatable bonds is 0. The van der Waals surface area contributed by atoms with Gasteiger partial charge in [0, 0.05) is 9.79 Å². The van der Waals surface area contributed by atoms with Crippen molar-refractivity contribution in [3.63, 3.8) is 0 Å². The molecule has 0 fully saturated rings. The molecule has 2 aromatic rings. The molecule has 3 rings (SSSR count). The van der Waals surface area contributed by atoms with Crippen LogP contribution in [-0.2, 0) is 0 Å². The minimum atomic E-state index is 1.11. The summed E-state index contributed by atoms with van der Waals surface area (Å²) in [5, 5.41) is 4.91. The first kappa shape index (κ1) is 12.6. The fraction of sp³-hybridized carbons (Fsp3) is 0.294. The maximum Gasteiger partial charge on any atom is 0.0811 e. The van der Waals surface area contributed by atoms with Crippen LogP contribution in [0.3, 0.4) is 0 Å². The Balaban J connectivity index is 2.26. The van der Waals surface area contributed by atoms with Crippen molar-refractivity contribution in [3.05, 3.63) is 46.0 Å². The van der Waals surface area contributed by atoms with Crippen LogP contribution >= 0.6 is 11.8 Å². The SMILES string of the molecule is Cc1cccc2c1Sc1c(C)c(C)c(C)c(C)c1[N]2. The van der Waals surface area contributed by atoms with E-state index in [-0.39, 0.29) is 0 Å². The lowest BCUT2D eigenvalue weighted by Gasteiger charge is -2.26. The second-order valence-electron chi connectivity index (χ2n) is 5.31. The van der Waals surface area contributed by atoms with E-state index in [1.807, 2.05) is 11.8 Å². The molecule has 1 aliphatic rings. The van der Waals surface area contributed by atoms with Gasteiger partial charge < -0.3 is 0 Å². The Morgan fingerprint density at radius 3 is 2.21 bits per heavy atom. The first-order valence-corrected chi connectivity index (χ1v) is 7.42. The molecule has 97 valence electrons. The predicted molar refractivity (Wildman–Crippen MR) is 82.1 cm³/mol. The molecule has 1 aliphatic heterocycles. The van der Waals surface area contributed by atoms with Crippen molar-refractivity contribution >= 4 is 23.1 Å². The lowest BCUT2D eigenvalue weighted by molar-refractivity contribution is 1.01. The van der Waals surface area contributed by atoms with Crippen molar-refractivity contribution in [2.45, 2.75) is 44.4 Å². The van der Waals surface area contributed by atoms with E-state index in [1.165, 1.54) is 43.3 Å². The average Bonchev–Trinajstić information content (AvgIpc) is 2.42. The lowest BCUT2D eigenvalue weighted by Crippen LogP contribution is -2.06. The summed E-state index contributed by atoms with van der Waals surface area (Å²) in [7, 11) is 0. The number of fused-ring (bicyclic) bond motifs is 2. The van der Waals surface area contributed by atoms with Gasteiger partial charge in [0.05, 0.1) is 11.4 Å². The van der Waals surface area contributed by atoms with E-state index < -0.39 is 0 Å². The Labute approximate surface area is 119 Å². The van der Waals surface area contributed by atoms with E-state index in [4.69, 9.17) is 5.32 Å². The van der Waals surface area contributed by atoms with Gasteiger partial charge in [0.25, 0.3) is 0 Å². The maximum atomic E-state index is 4.91. The summed E-state index contributed by atoms with van der Waals surface area (Å²) in [5.74, 6) is 0. The standard InChI is InChI=1S/C17H18NS/c1-9-7-6-8-14-16(9)19-17-13(5)11(3)10(2)12(4)15(17)18-14/h6-8H,1-5H3. The second-order valence-corrected chi connectivity index (χ2v) is 6.34. The van der Waals surface area contributed by atoms with Crippen LogP contribution in [0.25, 0.3) is 0 Å². The number of benzene rings is 2. The third-order valence-electron chi connectivity index (χ3n) is 4.23. The summed E-state index contributed by atoms with van der Waals surface area (Å²) in [6.07, 6.45) is 0. The quantitative estimate of drug-likeness (QED) is 0.542. The minimum Gasteiger partial charge on any atom is -0.246 e. The van der Waals surface area contributed by atoms with Gasteiger partial charge in [0.2, 0.25) is 0 Å². The number of hydrogen-bond donors (Lipinski definition) is 0. The van der Waals surface area contributed by atoms with E-state index >= 15 is 0 Å². The molecule has 0 amide bonds. The lowest BCUT2D eigenvalue weighted by atomic mass is 9.97. The van der Waals surface area contributed by atoms with Crippen LogP contribution in [0.1, 0.15) is 27.8 Å². The molecule has 0 aliphatic carbocycles. The van der Waals surface area contributed by atoms with Crippen molar-refractivity contribution in [2.24, 2.45) is 0 Å². The molecular formula is C17H18NS. The molecule has 0 aromatic heterocycles. The van der Waals surface area contributed by atoms with E-state index in [2.05, 4.69) is 52.8 Å². The van der Waals surface area contributed by atoms with Crippen LogP contribution in [0.4, 0.5) is 11.4 Å². The molecule has 0 unspecified atom stereocenters. The third-order valence-corrected chi connectivity index (χ3v) is 5.66. The Morgan fingerprint density at radius 2 is 1.47 bits per heavy atom. The van der Waals surface area contributed by atoms with Crippen molar-refractivity contribution in [1.82, 2.24) is 5.32 Å². The molecule has 2 heteroatoms. The highest BCUT2D eigenvalue weighted by atomic mass is 32.2. The summed E-state index contributed by atoms with van der Waals surface area (Å²) < 4.78 is 0. The Morgan fingerprint density at radius 1 is 0.789 bits per heavy atom. The molecule has 0 bridgehead atoms. The van der Waals surface area contributed by atoms with Gasteiger partial charge in [-0.1, -0.05) is 23.9 Å². The van der Waals surface area contributed by atoms with Gasteiger partial charge in [-0.2, -0.15) is 0 Å². The van der Waals surface area contributed by atoms with Crippen LogP contribution < -0.4 is 5.32 Å². The van der Waals surface area contributed by atoms with Crippen LogP contribution in [0.5, 0.6) is 0 Å². The van der Waals surface area contributed by atoms with E-state index in [0.29, 0.717) is 0 Å². The van der Waals surface area contributed by atoms with Crippen molar-refractivity contribution in [1.29, 1.82) is 0 Å². The summed E-state index contributed by atoms with van der Waals surface area (Å²) >= 11 is 1.88. The molecule has 0 N–H and O–H groups in total. The van der Waals surface area contributed by atoms with Crippen molar-refractivity contribution in [3.8, 4) is 0 Å². The molecule has 0 saturated carbocycles. The molecule has 0 atom stereocenters. The molecule has 1 heterocycles. The van der Waals surface area contributed by atoms with Gasteiger partial charge in [-0.15, -0.1) is 0 Å². The zero-order chi connectivity index (χ0) is 13.7. The van der Waals surface area contributed by atoms with E-state index in [0.717, 1.165) is 5.69 Å². The second kappa shape index (κ2) is 4.31. The van der Waals surface area contributed by atoms with Gasteiger partial charge in [-0.05, 0) is 68.5 Å². The Hall–Kier alpha value is -1.41. The Bertz CT molecular complexity index is 686. The highest BCUT2D eigenvalue weighted by Crippen LogP contribution is 2.49. The summed E-state index contributed by atoms with van der Waals surface area (Å²) in [5.41, 5.74) is 9.06. The molecule has 0 spiro atoms. The first-order chi connectivity index (χ1) is 9.00. The van der Waals surface area contributed by atoms with Crippen LogP contribution in [0.15, 0.2) is 28.0 Å². The number of hydrogen-bond acceptors (Lipinski definition) is 1. The van der Waals surface area contributed by atoms with E-state index in [1.54, 1.807) is 0 Å². The predicted octanol–water partition coefficient (Wildman–Crippen LogP) is 5.26. The monoisotopic (exact) mass is 268 g/mol. The highest BCUT2D eigenvalue weighted by molar-refractivity contribution is 7.99. The molecule has 0 saturated heterocycles. The minimum absolute atomic E-state index is 1.11. The van der Waals surface area contributed by atoms with E-state index in [9.17, 15) is 0 Å². The van der Waals surface area contributed by atoms with Gasteiger partial charge in [0.1, 0.15) is 0 Å². The molecule has 2 aromatic carbocycles. The molecule has 19 heavy (non-hydrogen) atoms. The fourth-order valence-electron chi connectivity index (χ4n) is 2.60. The van der Waals surface area contributed by atoms with Crippen LogP contribution in [0.2, 0.25) is 0 Å². The third kappa shape index (κ3) is 1.78. The van der Waals surface area contributed by atoms with Crippen molar-refractivity contribution in [2.75, 3.05) is 0 Å². The zero-order valence-electron chi connectivity index (χ0n) is 12.1. The summed E-state index contributed by atoms with van der Waals surface area (Å²) in [4.78, 5) is 2.64.